The van der Waals surface area contributed by atoms with E-state index in [9.17, 15) is 5.11 Å². The highest BCUT2D eigenvalue weighted by Gasteiger charge is 2.39. The molecule has 0 aliphatic heterocycles. The van der Waals surface area contributed by atoms with Gasteiger partial charge in [-0.2, -0.15) is 5.10 Å². The monoisotopic (exact) mass is 301 g/mol. The first-order valence-electron chi connectivity index (χ1n) is 6.13. The molecule has 0 saturated heterocycles. The Bertz CT molecular complexity index is 380. The van der Waals surface area contributed by atoms with Crippen LogP contribution >= 0.6 is 15.9 Å². The molecule has 5 heteroatoms. The van der Waals surface area contributed by atoms with Crippen LogP contribution in [0.2, 0.25) is 0 Å². The second-order valence-electron chi connectivity index (χ2n) is 5.27. The maximum atomic E-state index is 9.63. The highest BCUT2D eigenvalue weighted by atomic mass is 79.9. The van der Waals surface area contributed by atoms with Gasteiger partial charge in [-0.25, -0.2) is 0 Å². The van der Waals surface area contributed by atoms with Crippen LogP contribution in [-0.2, 0) is 0 Å². The summed E-state index contributed by atoms with van der Waals surface area (Å²) in [7, 11) is 0. The number of hydrogen-bond acceptors (Lipinski definition) is 3. The highest BCUT2D eigenvalue weighted by molar-refractivity contribution is 9.10. The van der Waals surface area contributed by atoms with Crippen LogP contribution in [0.5, 0.6) is 0 Å². The maximum Gasteiger partial charge on any atom is 0.0632 e. The highest BCUT2D eigenvalue weighted by Crippen LogP contribution is 2.37. The van der Waals surface area contributed by atoms with E-state index in [1.54, 1.807) is 0 Å². The standard InChI is InChI=1S/C12H20BrN3O/c1-9(2)15-12(8-17)4-3-11(5-12)16-7-10(13)6-14-16/h6-7,9,11,15,17H,3-5,8H2,1-2H3. The summed E-state index contributed by atoms with van der Waals surface area (Å²) in [6, 6.07) is 0.782. The van der Waals surface area contributed by atoms with E-state index in [-0.39, 0.29) is 12.1 Å². The number of hydrogen-bond donors (Lipinski definition) is 2. The zero-order chi connectivity index (χ0) is 12.5. The van der Waals surface area contributed by atoms with Crippen molar-refractivity contribution in [2.45, 2.75) is 50.7 Å². The second-order valence-corrected chi connectivity index (χ2v) is 6.19. The predicted molar refractivity (Wildman–Crippen MR) is 70.9 cm³/mol. The van der Waals surface area contributed by atoms with Crippen molar-refractivity contribution in [2.75, 3.05) is 6.61 Å². The zero-order valence-electron chi connectivity index (χ0n) is 10.4. The smallest absolute Gasteiger partial charge is 0.0632 e. The number of nitrogens with one attached hydrogen (secondary N) is 1. The molecule has 17 heavy (non-hydrogen) atoms. The van der Waals surface area contributed by atoms with E-state index in [2.05, 4.69) is 40.2 Å². The summed E-state index contributed by atoms with van der Waals surface area (Å²) in [6.45, 7) is 4.44. The summed E-state index contributed by atoms with van der Waals surface area (Å²) < 4.78 is 3.01. The Kier molecular flexibility index (Phi) is 3.90. The molecule has 2 N–H and O–H groups in total. The average molecular weight is 302 g/mol. The summed E-state index contributed by atoms with van der Waals surface area (Å²) in [5.41, 5.74) is -0.128. The summed E-state index contributed by atoms with van der Waals surface area (Å²) >= 11 is 3.42. The normalized spacial score (nSPS) is 29.1. The average Bonchev–Trinajstić information content (AvgIpc) is 2.85. The topological polar surface area (TPSA) is 50.1 Å². The lowest BCUT2D eigenvalue weighted by atomic mass is 9.97. The van der Waals surface area contributed by atoms with Crippen LogP contribution in [-0.4, -0.2) is 33.1 Å². The van der Waals surface area contributed by atoms with Crippen LogP contribution in [0, 0.1) is 0 Å². The molecule has 0 aromatic carbocycles. The Morgan fingerprint density at radius 2 is 2.47 bits per heavy atom. The largest absolute Gasteiger partial charge is 0.394 e. The van der Waals surface area contributed by atoms with E-state index < -0.39 is 0 Å². The van der Waals surface area contributed by atoms with Crippen LogP contribution in [0.15, 0.2) is 16.9 Å². The molecule has 0 bridgehead atoms. The molecule has 2 atom stereocenters. The van der Waals surface area contributed by atoms with Crippen molar-refractivity contribution in [3.63, 3.8) is 0 Å². The van der Waals surface area contributed by atoms with E-state index in [1.165, 1.54) is 0 Å². The number of aromatic nitrogens is 2. The van der Waals surface area contributed by atoms with E-state index in [0.29, 0.717) is 12.1 Å². The van der Waals surface area contributed by atoms with Gasteiger partial charge in [0.15, 0.2) is 0 Å². The fourth-order valence-electron chi connectivity index (χ4n) is 2.77. The minimum absolute atomic E-state index is 0.128. The molecule has 0 amide bonds. The lowest BCUT2D eigenvalue weighted by Crippen LogP contribution is -2.49. The number of aliphatic hydroxyl groups is 1. The summed E-state index contributed by atoms with van der Waals surface area (Å²) in [6.07, 6.45) is 6.83. The molecule has 1 aliphatic carbocycles. The molecule has 96 valence electrons. The molecular weight excluding hydrogens is 282 g/mol. The van der Waals surface area contributed by atoms with Gasteiger partial charge < -0.3 is 10.4 Å². The minimum Gasteiger partial charge on any atom is -0.394 e. The van der Waals surface area contributed by atoms with Crippen LogP contribution < -0.4 is 5.32 Å². The Morgan fingerprint density at radius 1 is 1.71 bits per heavy atom. The first-order valence-corrected chi connectivity index (χ1v) is 6.92. The first kappa shape index (κ1) is 13.1. The molecule has 2 unspecified atom stereocenters. The van der Waals surface area contributed by atoms with Gasteiger partial charge in [-0.15, -0.1) is 0 Å². The molecule has 1 saturated carbocycles. The van der Waals surface area contributed by atoms with E-state index >= 15 is 0 Å². The fraction of sp³-hybridized carbons (Fsp3) is 0.750. The fourth-order valence-corrected chi connectivity index (χ4v) is 3.07. The first-order chi connectivity index (χ1) is 8.04. The predicted octanol–water partition coefficient (Wildman–Crippen LogP) is 2.10. The van der Waals surface area contributed by atoms with Gasteiger partial charge >= 0.3 is 0 Å². The van der Waals surface area contributed by atoms with Crippen molar-refractivity contribution >= 4 is 15.9 Å². The van der Waals surface area contributed by atoms with Crippen molar-refractivity contribution in [3.8, 4) is 0 Å². The quantitative estimate of drug-likeness (QED) is 0.895. The van der Waals surface area contributed by atoms with Crippen LogP contribution in [0.3, 0.4) is 0 Å². The van der Waals surface area contributed by atoms with Gasteiger partial charge in [-0.05, 0) is 35.2 Å². The minimum atomic E-state index is -0.128. The van der Waals surface area contributed by atoms with Crippen molar-refractivity contribution in [3.05, 3.63) is 16.9 Å². The second kappa shape index (κ2) is 5.08. The number of rotatable bonds is 4. The molecule has 1 heterocycles. The van der Waals surface area contributed by atoms with Gasteiger partial charge in [-0.3, -0.25) is 4.68 Å². The third kappa shape index (κ3) is 2.89. The summed E-state index contributed by atoms with van der Waals surface area (Å²) in [4.78, 5) is 0. The van der Waals surface area contributed by atoms with Crippen molar-refractivity contribution in [1.82, 2.24) is 15.1 Å². The van der Waals surface area contributed by atoms with E-state index in [0.717, 1.165) is 23.7 Å². The SMILES string of the molecule is CC(C)NC1(CO)CCC(n2cc(Br)cn2)C1. The molecule has 4 nitrogen and oxygen atoms in total. The molecule has 1 fully saturated rings. The van der Waals surface area contributed by atoms with Gasteiger partial charge in [0.25, 0.3) is 0 Å². The molecular formula is C12H20BrN3O. The number of nitrogens with zero attached hydrogens (tertiary/aromatic N) is 2. The van der Waals surface area contributed by atoms with Crippen molar-refractivity contribution in [2.24, 2.45) is 0 Å². The van der Waals surface area contributed by atoms with E-state index in [4.69, 9.17) is 0 Å². The van der Waals surface area contributed by atoms with E-state index in [1.807, 2.05) is 17.1 Å². The molecule has 1 aliphatic rings. The van der Waals surface area contributed by atoms with Crippen LogP contribution in [0.25, 0.3) is 0 Å². The van der Waals surface area contributed by atoms with Gasteiger partial charge in [0.1, 0.15) is 0 Å². The zero-order valence-corrected chi connectivity index (χ0v) is 11.9. The van der Waals surface area contributed by atoms with Crippen molar-refractivity contribution < 1.29 is 5.11 Å². The maximum absolute atomic E-state index is 9.63. The third-order valence-corrected chi connectivity index (χ3v) is 3.83. The van der Waals surface area contributed by atoms with Gasteiger partial charge in [0, 0.05) is 17.8 Å². The van der Waals surface area contributed by atoms with Gasteiger partial charge in [-0.1, -0.05) is 13.8 Å². The Morgan fingerprint density at radius 3 is 3.00 bits per heavy atom. The van der Waals surface area contributed by atoms with Gasteiger partial charge in [0.05, 0.1) is 23.3 Å². The lowest BCUT2D eigenvalue weighted by Gasteiger charge is -2.31. The molecule has 0 radical (unpaired) electrons. The molecule has 2 rings (SSSR count). The summed E-state index contributed by atoms with van der Waals surface area (Å²) in [5.74, 6) is 0. The third-order valence-electron chi connectivity index (χ3n) is 3.42. The molecule has 1 aromatic heterocycles. The Balaban J connectivity index is 2.07. The van der Waals surface area contributed by atoms with Crippen LogP contribution in [0.1, 0.15) is 39.2 Å². The number of halogens is 1. The Hall–Kier alpha value is -0.390. The lowest BCUT2D eigenvalue weighted by molar-refractivity contribution is 0.151. The molecule has 1 aromatic rings. The van der Waals surface area contributed by atoms with Gasteiger partial charge in [0.2, 0.25) is 0 Å². The van der Waals surface area contributed by atoms with Crippen molar-refractivity contribution in [1.29, 1.82) is 0 Å². The Labute approximate surface area is 111 Å². The summed E-state index contributed by atoms with van der Waals surface area (Å²) in [5, 5.41) is 17.5. The van der Waals surface area contributed by atoms with Crippen LogP contribution in [0.4, 0.5) is 0 Å². The number of aliphatic hydroxyl groups excluding tert-OH is 1. The molecule has 0 spiro atoms.